The van der Waals surface area contributed by atoms with Crippen molar-refractivity contribution in [1.82, 2.24) is 5.32 Å². The number of nitrogens with zero attached hydrogens (tertiary/aromatic N) is 1. The Bertz CT molecular complexity index is 2060. The average Bonchev–Trinajstić information content (AvgIpc) is 3.53. The monoisotopic (exact) mass is 726 g/mol. The van der Waals surface area contributed by atoms with Gasteiger partial charge in [-0.2, -0.15) is 0 Å². The number of carbonyl (C=O) groups excluding carboxylic acids is 1. The Balaban J connectivity index is 1.38. The van der Waals surface area contributed by atoms with E-state index in [1.54, 1.807) is 19.2 Å². The quantitative estimate of drug-likeness (QED) is 0.103. The zero-order valence-corrected chi connectivity index (χ0v) is 31.8. The number of quaternary nitrogens is 1. The number of allylic oxidation sites excluding steroid dienone is 3. The first-order valence-electron chi connectivity index (χ1n) is 19.0. The molecule has 0 aromatic heterocycles. The average molecular weight is 727 g/mol. The molecule has 280 valence electrons. The number of benzene rings is 4. The van der Waals surface area contributed by atoms with Gasteiger partial charge in [-0.15, -0.1) is 0 Å². The third kappa shape index (κ3) is 7.90. The predicted octanol–water partition coefficient (Wildman–Crippen LogP) is 7.27. The molecule has 0 fully saturated rings. The van der Waals surface area contributed by atoms with E-state index in [1.165, 1.54) is 16.0 Å². The van der Waals surface area contributed by atoms with Crippen LogP contribution in [0.15, 0.2) is 121 Å². The molecule has 2 aliphatic rings. The van der Waals surface area contributed by atoms with Gasteiger partial charge < -0.3 is 20.4 Å². The van der Waals surface area contributed by atoms with Crippen LogP contribution in [-0.4, -0.2) is 54.2 Å². The molecule has 3 atom stereocenters. The lowest BCUT2D eigenvalue weighted by molar-refractivity contribution is -0.850. The standard InChI is InChI=1S/C46H51N3O5/c1-45(2)36-30-34(43(51)52)22-24-38(36)48(28-12-18-32-14-7-5-8-15-32)40(45)20-11-21-41-46(3,27-26-42(50)47-4)37-31-35(44(53)54)23-25-39(37)49(41)29-13-19-33-16-9-6-10-17-33/h5-11,14-17,20-25,30-31,41H,12-13,18-19,26-29H2,1-4H3,(H,47,50)(H,51,52)(H,53,54)/p+1/b21-11+,40-20+. The van der Waals surface area contributed by atoms with E-state index < -0.39 is 22.8 Å². The molecule has 0 radical (unpaired) electrons. The fourth-order valence-electron chi connectivity index (χ4n) is 8.58. The number of aryl methyl sites for hydroxylation is 2. The first-order chi connectivity index (χ1) is 25.9. The van der Waals surface area contributed by atoms with Crippen LogP contribution in [0.4, 0.5) is 11.4 Å². The highest BCUT2D eigenvalue weighted by atomic mass is 16.4. The number of nitrogens with one attached hydrogen (secondary N) is 2. The summed E-state index contributed by atoms with van der Waals surface area (Å²) in [6, 6.07) is 31.7. The topological polar surface area (TPSA) is 111 Å². The Morgan fingerprint density at radius 2 is 1.39 bits per heavy atom. The molecule has 0 spiro atoms. The summed E-state index contributed by atoms with van der Waals surface area (Å²) in [5, 5.41) is 22.6. The summed E-state index contributed by atoms with van der Waals surface area (Å²) in [5.41, 5.74) is 7.23. The number of carboxylic acids is 2. The smallest absolute Gasteiger partial charge is 0.335 e. The van der Waals surface area contributed by atoms with Gasteiger partial charge in [0.1, 0.15) is 11.7 Å². The normalized spacial score (nSPS) is 20.6. The Morgan fingerprint density at radius 1 is 0.796 bits per heavy atom. The molecule has 1 amide bonds. The number of anilines is 1. The number of fused-ring (bicyclic) bond motifs is 2. The predicted molar refractivity (Wildman–Crippen MR) is 214 cm³/mol. The molecular weight excluding hydrogens is 675 g/mol. The number of carboxylic acid groups (broad SMARTS) is 2. The SMILES string of the molecule is CNC(=O)CCC1(C)c2cc(C(=O)O)ccc2[NH+](CCCc2ccccc2)C1/C=C/C=C1/N(CCCc2ccccc2)c2ccc(C(=O)O)cc2C1(C)C. The molecule has 0 bridgehead atoms. The van der Waals surface area contributed by atoms with Crippen LogP contribution in [0.3, 0.4) is 0 Å². The largest absolute Gasteiger partial charge is 0.478 e. The van der Waals surface area contributed by atoms with Crippen LogP contribution in [0, 0.1) is 0 Å². The second-order valence-electron chi connectivity index (χ2n) is 15.3. The number of carbonyl (C=O) groups is 3. The van der Waals surface area contributed by atoms with Gasteiger partial charge in [-0.1, -0.05) is 80.6 Å². The molecule has 4 aromatic rings. The van der Waals surface area contributed by atoms with Crippen molar-refractivity contribution < 1.29 is 29.5 Å². The van der Waals surface area contributed by atoms with E-state index in [1.807, 2.05) is 36.4 Å². The summed E-state index contributed by atoms with van der Waals surface area (Å²) in [6.45, 7) is 8.08. The zero-order valence-electron chi connectivity index (χ0n) is 31.8. The van der Waals surface area contributed by atoms with Gasteiger partial charge in [0.05, 0.1) is 23.1 Å². The molecule has 4 aromatic carbocycles. The number of hydrogen-bond donors (Lipinski definition) is 4. The second kappa shape index (κ2) is 16.3. The molecule has 8 heteroatoms. The third-order valence-corrected chi connectivity index (χ3v) is 11.6. The van der Waals surface area contributed by atoms with Crippen LogP contribution in [0.2, 0.25) is 0 Å². The Kier molecular flexibility index (Phi) is 11.5. The van der Waals surface area contributed by atoms with Gasteiger partial charge in [0, 0.05) is 54.9 Å². The number of aromatic carboxylic acids is 2. The lowest BCUT2D eigenvalue weighted by Gasteiger charge is -2.31. The summed E-state index contributed by atoms with van der Waals surface area (Å²) in [5.74, 6) is -1.96. The fraction of sp³-hybridized carbons (Fsp3) is 0.326. The Hall–Kier alpha value is -5.47. The molecule has 3 unspecified atom stereocenters. The van der Waals surface area contributed by atoms with Gasteiger partial charge >= 0.3 is 11.9 Å². The maximum absolute atomic E-state index is 12.7. The van der Waals surface area contributed by atoms with E-state index in [2.05, 4.69) is 97.7 Å². The highest BCUT2D eigenvalue weighted by molar-refractivity contribution is 5.90. The second-order valence-corrected chi connectivity index (χ2v) is 15.3. The van der Waals surface area contributed by atoms with Crippen molar-refractivity contribution in [2.24, 2.45) is 0 Å². The number of rotatable bonds is 15. The van der Waals surface area contributed by atoms with Gasteiger partial charge in [0.2, 0.25) is 5.91 Å². The first kappa shape index (κ1) is 38.3. The first-order valence-corrected chi connectivity index (χ1v) is 19.0. The van der Waals surface area contributed by atoms with Crippen molar-refractivity contribution in [2.75, 3.05) is 25.0 Å². The van der Waals surface area contributed by atoms with E-state index >= 15 is 0 Å². The Labute approximate surface area is 318 Å². The zero-order chi connectivity index (χ0) is 38.5. The molecule has 6 rings (SSSR count). The molecule has 0 saturated carbocycles. The minimum absolute atomic E-state index is 0.0492. The van der Waals surface area contributed by atoms with Gasteiger partial charge in [-0.05, 0) is 91.8 Å². The summed E-state index contributed by atoms with van der Waals surface area (Å²) in [7, 11) is 1.65. The highest BCUT2D eigenvalue weighted by Gasteiger charge is 2.51. The highest BCUT2D eigenvalue weighted by Crippen LogP contribution is 2.48. The summed E-state index contributed by atoms with van der Waals surface area (Å²) >= 11 is 0. The maximum Gasteiger partial charge on any atom is 0.335 e. The molecule has 8 nitrogen and oxygen atoms in total. The minimum Gasteiger partial charge on any atom is -0.478 e. The van der Waals surface area contributed by atoms with Crippen LogP contribution in [0.1, 0.15) is 89.4 Å². The minimum atomic E-state index is -0.970. The lowest BCUT2D eigenvalue weighted by atomic mass is 9.74. The molecule has 2 heterocycles. The van der Waals surface area contributed by atoms with E-state index in [4.69, 9.17) is 0 Å². The van der Waals surface area contributed by atoms with Crippen LogP contribution in [-0.2, 0) is 28.5 Å². The van der Waals surface area contributed by atoms with Gasteiger partial charge in [-0.25, -0.2) is 9.59 Å². The van der Waals surface area contributed by atoms with Gasteiger partial charge in [-0.3, -0.25) is 9.69 Å². The van der Waals surface area contributed by atoms with Crippen molar-refractivity contribution in [2.45, 2.75) is 76.2 Å². The van der Waals surface area contributed by atoms with Crippen molar-refractivity contribution in [3.05, 3.63) is 154 Å². The lowest BCUT2D eigenvalue weighted by Crippen LogP contribution is -3.10. The molecule has 54 heavy (non-hydrogen) atoms. The summed E-state index contributed by atoms with van der Waals surface area (Å²) in [6.07, 6.45) is 11.1. The van der Waals surface area contributed by atoms with Crippen molar-refractivity contribution >= 4 is 29.2 Å². The van der Waals surface area contributed by atoms with Crippen molar-refractivity contribution in [1.29, 1.82) is 0 Å². The number of amides is 1. The van der Waals surface area contributed by atoms with E-state index in [0.29, 0.717) is 12.8 Å². The summed E-state index contributed by atoms with van der Waals surface area (Å²) < 4.78 is 0. The summed E-state index contributed by atoms with van der Waals surface area (Å²) in [4.78, 5) is 40.5. The molecule has 2 aliphatic heterocycles. The molecular formula is C46H52N3O5+. The van der Waals surface area contributed by atoms with E-state index in [9.17, 15) is 24.6 Å². The van der Waals surface area contributed by atoms with E-state index in [-0.39, 0.29) is 23.1 Å². The van der Waals surface area contributed by atoms with Crippen molar-refractivity contribution in [3.8, 4) is 0 Å². The van der Waals surface area contributed by atoms with Crippen molar-refractivity contribution in [3.63, 3.8) is 0 Å². The van der Waals surface area contributed by atoms with Crippen LogP contribution in [0.25, 0.3) is 0 Å². The van der Waals surface area contributed by atoms with Crippen LogP contribution < -0.4 is 15.1 Å². The third-order valence-electron chi connectivity index (χ3n) is 11.6. The van der Waals surface area contributed by atoms with Crippen LogP contribution in [0.5, 0.6) is 0 Å². The fourth-order valence-corrected chi connectivity index (χ4v) is 8.58. The molecule has 0 aliphatic carbocycles. The van der Waals surface area contributed by atoms with Gasteiger partial charge in [0.25, 0.3) is 0 Å². The van der Waals surface area contributed by atoms with Crippen LogP contribution >= 0.6 is 0 Å². The Morgan fingerprint density at radius 3 is 2.00 bits per heavy atom. The van der Waals surface area contributed by atoms with E-state index in [0.717, 1.165) is 67.0 Å². The number of hydrogen-bond acceptors (Lipinski definition) is 4. The molecule has 0 saturated heterocycles. The van der Waals surface area contributed by atoms with Gasteiger partial charge in [0.15, 0.2) is 0 Å². The molecule has 4 N–H and O–H groups in total. The maximum atomic E-state index is 12.7.